The van der Waals surface area contributed by atoms with E-state index >= 15 is 0 Å². The van der Waals surface area contributed by atoms with E-state index in [1.807, 2.05) is 36.4 Å². The van der Waals surface area contributed by atoms with Gasteiger partial charge in [-0.1, -0.05) is 6.07 Å². The first-order chi connectivity index (χ1) is 10.3. The maximum atomic E-state index is 13.7. The zero-order chi connectivity index (χ0) is 14.7. The number of aromatic nitrogens is 1. The summed E-state index contributed by atoms with van der Waals surface area (Å²) in [6.07, 6.45) is 1.71. The average Bonchev–Trinajstić information content (AvgIpc) is 2.54. The standard InChI is InChI=1S/C17H11FN2O/c18-15-7-6-12(10-19)9-13(15)11-21-17-5-1-4-16-14(17)3-2-8-20-16/h1-9H,11H2. The number of ether oxygens (including phenoxy) is 1. The van der Waals surface area contributed by atoms with Crippen molar-refractivity contribution in [1.82, 2.24) is 4.98 Å². The molecule has 102 valence electrons. The van der Waals surface area contributed by atoms with E-state index in [2.05, 4.69) is 4.98 Å². The Kier molecular flexibility index (Phi) is 3.48. The predicted molar refractivity (Wildman–Crippen MR) is 77.2 cm³/mol. The summed E-state index contributed by atoms with van der Waals surface area (Å²) < 4.78 is 19.4. The number of pyridine rings is 1. The van der Waals surface area contributed by atoms with Crippen molar-refractivity contribution < 1.29 is 9.13 Å². The number of halogens is 1. The lowest BCUT2D eigenvalue weighted by molar-refractivity contribution is 0.303. The first kappa shape index (κ1) is 13.1. The van der Waals surface area contributed by atoms with Gasteiger partial charge in [-0.2, -0.15) is 5.26 Å². The molecule has 1 aromatic heterocycles. The minimum atomic E-state index is -0.382. The van der Waals surface area contributed by atoms with Crippen LogP contribution in [0, 0.1) is 17.1 Å². The Hall–Kier alpha value is -2.93. The second-order valence-electron chi connectivity index (χ2n) is 4.53. The van der Waals surface area contributed by atoms with Crippen LogP contribution in [0.25, 0.3) is 10.9 Å². The highest BCUT2D eigenvalue weighted by Gasteiger charge is 2.07. The quantitative estimate of drug-likeness (QED) is 0.731. The average molecular weight is 278 g/mol. The van der Waals surface area contributed by atoms with E-state index in [-0.39, 0.29) is 12.4 Å². The van der Waals surface area contributed by atoms with Crippen LogP contribution in [0.4, 0.5) is 4.39 Å². The van der Waals surface area contributed by atoms with Crippen molar-refractivity contribution in [1.29, 1.82) is 5.26 Å². The van der Waals surface area contributed by atoms with E-state index < -0.39 is 0 Å². The first-order valence-corrected chi connectivity index (χ1v) is 6.43. The molecule has 0 N–H and O–H groups in total. The van der Waals surface area contributed by atoms with Gasteiger partial charge < -0.3 is 4.74 Å². The van der Waals surface area contributed by atoms with Crippen LogP contribution in [-0.4, -0.2) is 4.98 Å². The summed E-state index contributed by atoms with van der Waals surface area (Å²) in [5.74, 6) is 0.259. The van der Waals surface area contributed by atoms with Crippen molar-refractivity contribution in [3.8, 4) is 11.8 Å². The number of rotatable bonds is 3. The van der Waals surface area contributed by atoms with Crippen LogP contribution in [0.2, 0.25) is 0 Å². The summed E-state index contributed by atoms with van der Waals surface area (Å²) in [4.78, 5) is 4.24. The number of hydrogen-bond acceptors (Lipinski definition) is 3. The van der Waals surface area contributed by atoms with E-state index in [1.165, 1.54) is 18.2 Å². The van der Waals surface area contributed by atoms with E-state index in [0.29, 0.717) is 16.9 Å². The van der Waals surface area contributed by atoms with Gasteiger partial charge in [-0.05, 0) is 42.5 Å². The molecule has 0 saturated heterocycles. The third-order valence-corrected chi connectivity index (χ3v) is 3.16. The van der Waals surface area contributed by atoms with Crippen molar-refractivity contribution in [3.63, 3.8) is 0 Å². The van der Waals surface area contributed by atoms with Gasteiger partial charge in [0, 0.05) is 17.1 Å². The van der Waals surface area contributed by atoms with Crippen LogP contribution in [0.3, 0.4) is 0 Å². The molecule has 4 heteroatoms. The Bertz CT molecular complexity index is 834. The molecular weight excluding hydrogens is 267 g/mol. The highest BCUT2D eigenvalue weighted by Crippen LogP contribution is 2.25. The number of nitrogens with zero attached hydrogens (tertiary/aromatic N) is 2. The SMILES string of the molecule is N#Cc1ccc(F)c(COc2cccc3ncccc23)c1. The lowest BCUT2D eigenvalue weighted by Crippen LogP contribution is -1.99. The minimum absolute atomic E-state index is 0.0648. The van der Waals surface area contributed by atoms with Crippen LogP contribution in [0.1, 0.15) is 11.1 Å². The molecule has 3 nitrogen and oxygen atoms in total. The summed E-state index contributed by atoms with van der Waals surface area (Å²) in [5.41, 5.74) is 1.59. The Balaban J connectivity index is 1.89. The molecule has 0 radical (unpaired) electrons. The molecular formula is C17H11FN2O. The molecule has 3 rings (SSSR count). The fraction of sp³-hybridized carbons (Fsp3) is 0.0588. The molecule has 0 unspecified atom stereocenters. The van der Waals surface area contributed by atoms with Gasteiger partial charge in [-0.15, -0.1) is 0 Å². The molecule has 0 fully saturated rings. The maximum absolute atomic E-state index is 13.7. The number of fused-ring (bicyclic) bond motifs is 1. The summed E-state index contributed by atoms with van der Waals surface area (Å²) in [6.45, 7) is 0.0648. The molecule has 0 aliphatic rings. The third kappa shape index (κ3) is 2.67. The lowest BCUT2D eigenvalue weighted by Gasteiger charge is -2.09. The Morgan fingerprint density at radius 1 is 1.14 bits per heavy atom. The lowest BCUT2D eigenvalue weighted by atomic mass is 10.1. The molecule has 1 heterocycles. The zero-order valence-corrected chi connectivity index (χ0v) is 11.1. The molecule has 0 saturated carbocycles. The van der Waals surface area contributed by atoms with Crippen LogP contribution in [0.5, 0.6) is 5.75 Å². The number of benzene rings is 2. The van der Waals surface area contributed by atoms with E-state index in [1.54, 1.807) is 6.20 Å². The van der Waals surface area contributed by atoms with Crippen molar-refractivity contribution in [3.05, 3.63) is 71.7 Å². The molecule has 0 aliphatic carbocycles. The van der Waals surface area contributed by atoms with Crippen molar-refractivity contribution in [2.24, 2.45) is 0 Å². The Labute approximate surface area is 121 Å². The predicted octanol–water partition coefficient (Wildman–Crippen LogP) is 3.82. The summed E-state index contributed by atoms with van der Waals surface area (Å²) in [5, 5.41) is 9.73. The van der Waals surface area contributed by atoms with Crippen molar-refractivity contribution in [2.75, 3.05) is 0 Å². The number of hydrogen-bond donors (Lipinski definition) is 0. The highest BCUT2D eigenvalue weighted by molar-refractivity contribution is 5.84. The highest BCUT2D eigenvalue weighted by atomic mass is 19.1. The summed E-state index contributed by atoms with van der Waals surface area (Å²) in [6, 6.07) is 15.5. The molecule has 0 spiro atoms. The van der Waals surface area contributed by atoms with Gasteiger partial charge in [-0.25, -0.2) is 4.39 Å². The van der Waals surface area contributed by atoms with Crippen LogP contribution < -0.4 is 4.74 Å². The normalized spacial score (nSPS) is 10.3. The van der Waals surface area contributed by atoms with E-state index in [4.69, 9.17) is 10.00 Å². The van der Waals surface area contributed by atoms with E-state index in [9.17, 15) is 4.39 Å². The Morgan fingerprint density at radius 2 is 2.05 bits per heavy atom. The third-order valence-electron chi connectivity index (χ3n) is 3.16. The smallest absolute Gasteiger partial charge is 0.129 e. The van der Waals surface area contributed by atoms with Gasteiger partial charge >= 0.3 is 0 Å². The molecule has 21 heavy (non-hydrogen) atoms. The topological polar surface area (TPSA) is 45.9 Å². The van der Waals surface area contributed by atoms with Gasteiger partial charge in [0.2, 0.25) is 0 Å². The second-order valence-corrected chi connectivity index (χ2v) is 4.53. The van der Waals surface area contributed by atoms with Crippen LogP contribution in [0.15, 0.2) is 54.7 Å². The van der Waals surface area contributed by atoms with Gasteiger partial charge in [-0.3, -0.25) is 4.98 Å². The van der Waals surface area contributed by atoms with Crippen LogP contribution >= 0.6 is 0 Å². The maximum Gasteiger partial charge on any atom is 0.129 e. The largest absolute Gasteiger partial charge is 0.488 e. The second kappa shape index (κ2) is 5.59. The van der Waals surface area contributed by atoms with Crippen molar-refractivity contribution in [2.45, 2.75) is 6.61 Å². The molecule has 3 aromatic rings. The van der Waals surface area contributed by atoms with Crippen molar-refractivity contribution >= 4 is 10.9 Å². The summed E-state index contributed by atoms with van der Waals surface area (Å²) in [7, 11) is 0. The molecule has 0 aliphatic heterocycles. The van der Waals surface area contributed by atoms with Gasteiger partial charge in [0.05, 0.1) is 17.1 Å². The van der Waals surface area contributed by atoms with Gasteiger partial charge in [0.25, 0.3) is 0 Å². The molecule has 2 aromatic carbocycles. The van der Waals surface area contributed by atoms with Crippen LogP contribution in [-0.2, 0) is 6.61 Å². The van der Waals surface area contributed by atoms with Gasteiger partial charge in [0.1, 0.15) is 18.2 Å². The fourth-order valence-electron chi connectivity index (χ4n) is 2.11. The zero-order valence-electron chi connectivity index (χ0n) is 11.1. The minimum Gasteiger partial charge on any atom is -0.488 e. The Morgan fingerprint density at radius 3 is 2.90 bits per heavy atom. The van der Waals surface area contributed by atoms with E-state index in [0.717, 1.165) is 10.9 Å². The fourth-order valence-corrected chi connectivity index (χ4v) is 2.11. The summed E-state index contributed by atoms with van der Waals surface area (Å²) >= 11 is 0. The molecule has 0 amide bonds. The van der Waals surface area contributed by atoms with Gasteiger partial charge in [0.15, 0.2) is 0 Å². The number of nitriles is 1. The first-order valence-electron chi connectivity index (χ1n) is 6.43. The monoisotopic (exact) mass is 278 g/mol. The molecule has 0 atom stereocenters. The molecule has 0 bridgehead atoms.